The molecule has 0 bridgehead atoms. The van der Waals surface area contributed by atoms with Crippen LogP contribution in [0.25, 0.3) is 10.9 Å². The Labute approximate surface area is 125 Å². The number of piperazine rings is 1. The third-order valence-electron chi connectivity index (χ3n) is 4.64. The molecule has 21 heavy (non-hydrogen) atoms. The van der Waals surface area contributed by atoms with E-state index >= 15 is 0 Å². The SMILES string of the molecule is Cc1ncc2cccc(N3CCN(CC4CC4)CC3)c2n1. The fourth-order valence-corrected chi connectivity index (χ4v) is 3.22. The number of para-hydroxylation sites is 1. The van der Waals surface area contributed by atoms with Gasteiger partial charge in [0.25, 0.3) is 0 Å². The zero-order valence-electron chi connectivity index (χ0n) is 12.6. The molecule has 110 valence electrons. The number of anilines is 1. The molecular weight excluding hydrogens is 260 g/mol. The van der Waals surface area contributed by atoms with Crippen molar-refractivity contribution in [3.8, 4) is 0 Å². The lowest BCUT2D eigenvalue weighted by Crippen LogP contribution is -2.47. The Morgan fingerprint density at radius 1 is 1.14 bits per heavy atom. The van der Waals surface area contributed by atoms with Crippen molar-refractivity contribution in [2.75, 3.05) is 37.6 Å². The lowest BCUT2D eigenvalue weighted by Gasteiger charge is -2.36. The van der Waals surface area contributed by atoms with E-state index in [1.54, 1.807) is 0 Å². The quantitative estimate of drug-likeness (QED) is 0.865. The number of rotatable bonds is 3. The second-order valence-electron chi connectivity index (χ2n) is 6.36. The van der Waals surface area contributed by atoms with E-state index in [1.807, 2.05) is 13.1 Å². The summed E-state index contributed by atoms with van der Waals surface area (Å²) in [7, 11) is 0. The number of hydrogen-bond acceptors (Lipinski definition) is 4. The first-order valence-corrected chi connectivity index (χ1v) is 7.99. The van der Waals surface area contributed by atoms with Crippen LogP contribution in [0, 0.1) is 12.8 Å². The zero-order chi connectivity index (χ0) is 14.2. The summed E-state index contributed by atoms with van der Waals surface area (Å²) in [6, 6.07) is 6.42. The first-order chi connectivity index (χ1) is 10.3. The van der Waals surface area contributed by atoms with Crippen LogP contribution in [-0.2, 0) is 0 Å². The predicted octanol–water partition coefficient (Wildman–Crippen LogP) is 2.47. The Morgan fingerprint density at radius 2 is 1.95 bits per heavy atom. The van der Waals surface area contributed by atoms with Gasteiger partial charge in [-0.05, 0) is 31.7 Å². The summed E-state index contributed by atoms with van der Waals surface area (Å²) in [6.45, 7) is 7.84. The van der Waals surface area contributed by atoms with Gasteiger partial charge >= 0.3 is 0 Å². The Kier molecular flexibility index (Phi) is 3.26. The minimum atomic E-state index is 0.849. The maximum Gasteiger partial charge on any atom is 0.125 e. The van der Waals surface area contributed by atoms with Crippen molar-refractivity contribution in [1.29, 1.82) is 0 Å². The van der Waals surface area contributed by atoms with Crippen molar-refractivity contribution in [3.05, 3.63) is 30.2 Å². The van der Waals surface area contributed by atoms with Crippen LogP contribution in [0.4, 0.5) is 5.69 Å². The zero-order valence-corrected chi connectivity index (χ0v) is 12.6. The number of nitrogens with zero attached hydrogens (tertiary/aromatic N) is 4. The van der Waals surface area contributed by atoms with Gasteiger partial charge in [-0.15, -0.1) is 0 Å². The van der Waals surface area contributed by atoms with Crippen molar-refractivity contribution in [3.63, 3.8) is 0 Å². The first kappa shape index (κ1) is 13.0. The van der Waals surface area contributed by atoms with Gasteiger partial charge in [-0.25, -0.2) is 9.97 Å². The Balaban J connectivity index is 1.55. The van der Waals surface area contributed by atoms with Gasteiger partial charge < -0.3 is 4.90 Å². The Bertz CT molecular complexity index is 642. The molecule has 4 rings (SSSR count). The topological polar surface area (TPSA) is 32.3 Å². The number of fused-ring (bicyclic) bond motifs is 1. The van der Waals surface area contributed by atoms with Gasteiger partial charge in [0.15, 0.2) is 0 Å². The molecule has 1 saturated heterocycles. The lowest BCUT2D eigenvalue weighted by molar-refractivity contribution is 0.248. The molecule has 1 aliphatic heterocycles. The molecule has 2 aliphatic rings. The van der Waals surface area contributed by atoms with E-state index in [9.17, 15) is 0 Å². The highest BCUT2D eigenvalue weighted by molar-refractivity contribution is 5.90. The van der Waals surface area contributed by atoms with Crippen LogP contribution in [-0.4, -0.2) is 47.6 Å². The minimum absolute atomic E-state index is 0.849. The number of aryl methyl sites for hydroxylation is 1. The van der Waals surface area contributed by atoms with Crippen LogP contribution in [0.5, 0.6) is 0 Å². The van der Waals surface area contributed by atoms with Crippen LogP contribution in [0.15, 0.2) is 24.4 Å². The maximum absolute atomic E-state index is 4.66. The van der Waals surface area contributed by atoms with Crippen molar-refractivity contribution in [2.24, 2.45) is 5.92 Å². The standard InChI is InChI=1S/C17H22N4/c1-13-18-11-15-3-2-4-16(17(15)19-13)21-9-7-20(8-10-21)12-14-5-6-14/h2-4,11,14H,5-10,12H2,1H3. The molecule has 4 nitrogen and oxygen atoms in total. The lowest BCUT2D eigenvalue weighted by atomic mass is 10.1. The molecule has 0 radical (unpaired) electrons. The van der Waals surface area contributed by atoms with Crippen molar-refractivity contribution in [2.45, 2.75) is 19.8 Å². The van der Waals surface area contributed by atoms with E-state index in [1.165, 1.54) is 38.2 Å². The molecule has 2 fully saturated rings. The molecule has 1 aromatic carbocycles. The van der Waals surface area contributed by atoms with Crippen LogP contribution in [0.2, 0.25) is 0 Å². The number of hydrogen-bond donors (Lipinski definition) is 0. The van der Waals surface area contributed by atoms with Crippen molar-refractivity contribution >= 4 is 16.6 Å². The van der Waals surface area contributed by atoms with E-state index < -0.39 is 0 Å². The average Bonchev–Trinajstić information content (AvgIpc) is 3.31. The molecule has 2 aromatic rings. The number of aromatic nitrogens is 2. The van der Waals surface area contributed by atoms with E-state index in [-0.39, 0.29) is 0 Å². The van der Waals surface area contributed by atoms with Gasteiger partial charge in [0.2, 0.25) is 0 Å². The minimum Gasteiger partial charge on any atom is -0.367 e. The van der Waals surface area contributed by atoms with Gasteiger partial charge in [-0.2, -0.15) is 0 Å². The molecule has 0 unspecified atom stereocenters. The molecule has 1 aromatic heterocycles. The van der Waals surface area contributed by atoms with Gasteiger partial charge in [0.1, 0.15) is 5.82 Å². The largest absolute Gasteiger partial charge is 0.367 e. The normalized spacial score (nSPS) is 20.1. The predicted molar refractivity (Wildman–Crippen MR) is 85.7 cm³/mol. The summed E-state index contributed by atoms with van der Waals surface area (Å²) in [5.41, 5.74) is 2.37. The molecule has 2 heterocycles. The smallest absolute Gasteiger partial charge is 0.125 e. The highest BCUT2D eigenvalue weighted by atomic mass is 15.3. The average molecular weight is 282 g/mol. The van der Waals surface area contributed by atoms with E-state index in [2.05, 4.69) is 38.0 Å². The van der Waals surface area contributed by atoms with Gasteiger partial charge in [-0.3, -0.25) is 4.90 Å². The van der Waals surface area contributed by atoms with Crippen molar-refractivity contribution < 1.29 is 0 Å². The fraction of sp³-hybridized carbons (Fsp3) is 0.529. The molecule has 0 spiro atoms. The number of benzene rings is 1. The van der Waals surface area contributed by atoms with Crippen LogP contribution in [0.1, 0.15) is 18.7 Å². The van der Waals surface area contributed by atoms with Gasteiger partial charge in [0.05, 0.1) is 11.2 Å². The summed E-state index contributed by atoms with van der Waals surface area (Å²) in [5.74, 6) is 1.84. The summed E-state index contributed by atoms with van der Waals surface area (Å²) in [5, 5.41) is 1.14. The second kappa shape index (κ2) is 5.26. The molecular formula is C17H22N4. The van der Waals surface area contributed by atoms with E-state index in [0.29, 0.717) is 0 Å². The van der Waals surface area contributed by atoms with E-state index in [4.69, 9.17) is 0 Å². The first-order valence-electron chi connectivity index (χ1n) is 7.99. The second-order valence-corrected chi connectivity index (χ2v) is 6.36. The van der Waals surface area contributed by atoms with E-state index in [0.717, 1.165) is 35.7 Å². The highest BCUT2D eigenvalue weighted by Crippen LogP contribution is 2.31. The molecule has 0 N–H and O–H groups in total. The maximum atomic E-state index is 4.66. The Hall–Kier alpha value is -1.68. The van der Waals surface area contributed by atoms with Crippen molar-refractivity contribution in [1.82, 2.24) is 14.9 Å². The summed E-state index contributed by atoms with van der Waals surface area (Å²) in [6.07, 6.45) is 4.82. The highest BCUT2D eigenvalue weighted by Gasteiger charge is 2.26. The molecule has 0 atom stereocenters. The Morgan fingerprint density at radius 3 is 2.71 bits per heavy atom. The summed E-state index contributed by atoms with van der Waals surface area (Å²) in [4.78, 5) is 14.1. The van der Waals surface area contributed by atoms with Gasteiger partial charge in [-0.1, -0.05) is 12.1 Å². The fourth-order valence-electron chi connectivity index (χ4n) is 3.22. The van der Waals surface area contributed by atoms with Gasteiger partial charge in [0, 0.05) is 44.3 Å². The van der Waals surface area contributed by atoms with Crippen LogP contribution >= 0.6 is 0 Å². The molecule has 1 aliphatic carbocycles. The summed E-state index contributed by atoms with van der Waals surface area (Å²) < 4.78 is 0. The third kappa shape index (κ3) is 2.72. The molecule has 4 heteroatoms. The monoisotopic (exact) mass is 282 g/mol. The molecule has 1 saturated carbocycles. The summed E-state index contributed by atoms with van der Waals surface area (Å²) >= 11 is 0. The van der Waals surface area contributed by atoms with Crippen LogP contribution < -0.4 is 4.90 Å². The third-order valence-corrected chi connectivity index (χ3v) is 4.64. The molecule has 0 amide bonds. The van der Waals surface area contributed by atoms with Crippen LogP contribution in [0.3, 0.4) is 0 Å².